The van der Waals surface area contributed by atoms with Gasteiger partial charge in [-0.15, -0.1) is 10.2 Å². The number of rotatable bonds is 3. The van der Waals surface area contributed by atoms with Crippen LogP contribution < -0.4 is 4.90 Å². The molecule has 130 valence electrons. The second-order valence-corrected chi connectivity index (χ2v) is 5.54. The number of nitrogens with zero attached hydrogens (tertiary/aromatic N) is 7. The Morgan fingerprint density at radius 1 is 1.52 bits per heavy atom. The van der Waals surface area contributed by atoms with Crippen molar-refractivity contribution in [2.24, 2.45) is 7.05 Å². The van der Waals surface area contributed by atoms with Gasteiger partial charge < -0.3 is 14.4 Å². The molecule has 3 heterocycles. The van der Waals surface area contributed by atoms with E-state index in [2.05, 4.69) is 26.5 Å². The van der Waals surface area contributed by atoms with E-state index in [9.17, 15) is 10.1 Å². The van der Waals surface area contributed by atoms with Crippen molar-refractivity contribution < 1.29 is 14.3 Å². The maximum Gasteiger partial charge on any atom is 0.339 e. The maximum absolute atomic E-state index is 11.8. The van der Waals surface area contributed by atoms with Crippen LogP contribution in [0.5, 0.6) is 0 Å². The maximum atomic E-state index is 11.8. The van der Waals surface area contributed by atoms with Crippen molar-refractivity contribution in [3.8, 4) is 6.07 Å². The molecule has 0 radical (unpaired) electrons. The van der Waals surface area contributed by atoms with Crippen molar-refractivity contribution in [2.75, 3.05) is 31.7 Å². The normalized spacial score (nSPS) is 17.2. The number of hydrogen-bond acceptors (Lipinski definition) is 9. The zero-order chi connectivity index (χ0) is 18.0. The summed E-state index contributed by atoms with van der Waals surface area (Å²) in [5.41, 5.74) is 1.09. The van der Waals surface area contributed by atoms with Crippen molar-refractivity contribution in [3.05, 3.63) is 28.7 Å². The summed E-state index contributed by atoms with van der Waals surface area (Å²) >= 11 is 0. The van der Waals surface area contributed by atoms with Crippen LogP contribution in [0, 0.1) is 18.3 Å². The fraction of sp³-hybridized carbons (Fsp3) is 0.467. The number of pyridine rings is 1. The molecule has 0 aliphatic carbocycles. The molecule has 2 aromatic heterocycles. The number of morpholine rings is 1. The fourth-order valence-electron chi connectivity index (χ4n) is 2.66. The molecular weight excluding hydrogens is 326 g/mol. The molecule has 0 spiro atoms. The Morgan fingerprint density at radius 3 is 2.96 bits per heavy atom. The van der Waals surface area contributed by atoms with Crippen LogP contribution in [0.4, 0.5) is 5.82 Å². The Balaban J connectivity index is 1.91. The highest BCUT2D eigenvalue weighted by Crippen LogP contribution is 2.26. The molecule has 10 heteroatoms. The number of ether oxygens (including phenoxy) is 2. The van der Waals surface area contributed by atoms with Gasteiger partial charge in [0.1, 0.15) is 18.0 Å². The predicted molar refractivity (Wildman–Crippen MR) is 84.7 cm³/mol. The number of aryl methyl sites for hydroxylation is 2. The minimum absolute atomic E-state index is 0.281. The minimum Gasteiger partial charge on any atom is -0.465 e. The van der Waals surface area contributed by atoms with Crippen LogP contribution in [0.15, 0.2) is 6.07 Å². The predicted octanol–water partition coefficient (Wildman–Crippen LogP) is 0.150. The minimum atomic E-state index is -0.517. The Morgan fingerprint density at radius 2 is 2.32 bits per heavy atom. The molecule has 1 saturated heterocycles. The first kappa shape index (κ1) is 16.8. The molecule has 3 rings (SSSR count). The molecule has 0 N–H and O–H groups in total. The monoisotopic (exact) mass is 343 g/mol. The zero-order valence-electron chi connectivity index (χ0n) is 14.1. The van der Waals surface area contributed by atoms with Gasteiger partial charge >= 0.3 is 5.97 Å². The summed E-state index contributed by atoms with van der Waals surface area (Å²) in [6.45, 7) is 3.15. The van der Waals surface area contributed by atoms with E-state index in [1.54, 1.807) is 14.0 Å². The Labute approximate surface area is 144 Å². The van der Waals surface area contributed by atoms with Crippen molar-refractivity contribution >= 4 is 11.8 Å². The molecule has 0 amide bonds. The average Bonchev–Trinajstić information content (AvgIpc) is 3.07. The van der Waals surface area contributed by atoms with Gasteiger partial charge in [0.25, 0.3) is 0 Å². The summed E-state index contributed by atoms with van der Waals surface area (Å²) in [5.74, 6) is 0.468. The van der Waals surface area contributed by atoms with Gasteiger partial charge in [-0.25, -0.2) is 9.78 Å². The van der Waals surface area contributed by atoms with Crippen LogP contribution >= 0.6 is 0 Å². The highest BCUT2D eigenvalue weighted by molar-refractivity contribution is 5.91. The van der Waals surface area contributed by atoms with E-state index in [4.69, 9.17) is 9.47 Å². The summed E-state index contributed by atoms with van der Waals surface area (Å²) in [7, 11) is 2.98. The van der Waals surface area contributed by atoms with Crippen LogP contribution in [0.1, 0.15) is 33.5 Å². The van der Waals surface area contributed by atoms with E-state index in [1.165, 1.54) is 18.0 Å². The number of tetrazole rings is 1. The van der Waals surface area contributed by atoms with Crippen molar-refractivity contribution in [1.82, 2.24) is 25.2 Å². The number of aromatic nitrogens is 5. The number of carbonyl (C=O) groups excluding carboxylic acids is 1. The van der Waals surface area contributed by atoms with Gasteiger partial charge in [-0.1, -0.05) is 0 Å². The molecule has 0 bridgehead atoms. The van der Waals surface area contributed by atoms with Crippen LogP contribution in [-0.4, -0.2) is 58.0 Å². The van der Waals surface area contributed by atoms with Gasteiger partial charge in [0.05, 0.1) is 44.1 Å². The van der Waals surface area contributed by atoms with Gasteiger partial charge in [-0.3, -0.25) is 0 Å². The molecule has 25 heavy (non-hydrogen) atoms. The third-order valence-corrected chi connectivity index (χ3v) is 3.90. The molecule has 0 saturated carbocycles. The Hall–Kier alpha value is -3.06. The van der Waals surface area contributed by atoms with Gasteiger partial charge in [0.2, 0.25) is 5.82 Å². The van der Waals surface area contributed by atoms with E-state index < -0.39 is 5.97 Å². The zero-order valence-corrected chi connectivity index (χ0v) is 14.1. The smallest absolute Gasteiger partial charge is 0.339 e. The summed E-state index contributed by atoms with van der Waals surface area (Å²) in [6.07, 6.45) is -0.364. The number of carbonyl (C=O) groups is 1. The van der Waals surface area contributed by atoms with Crippen molar-refractivity contribution in [2.45, 2.75) is 13.0 Å². The summed E-state index contributed by atoms with van der Waals surface area (Å²) in [6, 6.07) is 3.61. The summed E-state index contributed by atoms with van der Waals surface area (Å²) in [5, 5.41) is 21.4. The van der Waals surface area contributed by atoms with Crippen molar-refractivity contribution in [3.63, 3.8) is 0 Å². The lowest BCUT2D eigenvalue weighted by atomic mass is 10.1. The third kappa shape index (κ3) is 3.27. The standard InChI is InChI=1S/C15H17N7O3/c1-9-11(15(23)24-3)6-10(7-16)14(17-9)22-4-5-25-12(8-22)13-18-20-21(2)19-13/h6,12H,4-5,8H2,1-3H3. The molecular formula is C15H17N7O3. The lowest BCUT2D eigenvalue weighted by molar-refractivity contribution is 0.0335. The van der Waals surface area contributed by atoms with E-state index in [0.717, 1.165) is 0 Å². The third-order valence-electron chi connectivity index (χ3n) is 3.90. The first-order valence-electron chi connectivity index (χ1n) is 7.64. The fourth-order valence-corrected chi connectivity index (χ4v) is 2.66. The van der Waals surface area contributed by atoms with Crippen LogP contribution in [0.3, 0.4) is 0 Å². The molecule has 1 fully saturated rings. The van der Waals surface area contributed by atoms with Crippen molar-refractivity contribution in [1.29, 1.82) is 5.26 Å². The number of methoxy groups -OCH3 is 1. The molecule has 1 aliphatic heterocycles. The highest BCUT2D eigenvalue weighted by atomic mass is 16.5. The highest BCUT2D eigenvalue weighted by Gasteiger charge is 2.28. The first-order chi connectivity index (χ1) is 12.0. The first-order valence-corrected chi connectivity index (χ1v) is 7.64. The molecule has 1 aliphatic rings. The van der Waals surface area contributed by atoms with Gasteiger partial charge in [0, 0.05) is 6.54 Å². The van der Waals surface area contributed by atoms with Crippen LogP contribution in [0.2, 0.25) is 0 Å². The van der Waals surface area contributed by atoms with Gasteiger partial charge in [-0.05, 0) is 18.2 Å². The number of nitriles is 1. The molecule has 10 nitrogen and oxygen atoms in total. The van der Waals surface area contributed by atoms with Gasteiger partial charge in [0.15, 0.2) is 0 Å². The number of hydrogen-bond donors (Lipinski definition) is 0. The van der Waals surface area contributed by atoms with E-state index in [-0.39, 0.29) is 11.7 Å². The van der Waals surface area contributed by atoms with Crippen LogP contribution in [0.25, 0.3) is 0 Å². The number of anilines is 1. The lowest BCUT2D eigenvalue weighted by Crippen LogP contribution is -2.40. The van der Waals surface area contributed by atoms with E-state index in [1.807, 2.05) is 4.90 Å². The van der Waals surface area contributed by atoms with Crippen LogP contribution in [-0.2, 0) is 16.5 Å². The largest absolute Gasteiger partial charge is 0.465 e. The summed E-state index contributed by atoms with van der Waals surface area (Å²) in [4.78, 5) is 19.5. The molecule has 1 unspecified atom stereocenters. The second kappa shape index (κ2) is 6.82. The molecule has 0 aromatic carbocycles. The average molecular weight is 343 g/mol. The molecule has 1 atom stereocenters. The van der Waals surface area contributed by atoms with E-state index >= 15 is 0 Å². The lowest BCUT2D eigenvalue weighted by Gasteiger charge is -2.33. The number of esters is 1. The van der Waals surface area contributed by atoms with E-state index in [0.29, 0.717) is 42.6 Å². The summed E-state index contributed by atoms with van der Waals surface area (Å²) < 4.78 is 10.4. The van der Waals surface area contributed by atoms with Gasteiger partial charge in [-0.2, -0.15) is 10.1 Å². The Bertz CT molecular complexity index is 842. The Kier molecular flexibility index (Phi) is 4.58. The quantitative estimate of drug-likeness (QED) is 0.717. The molecule has 2 aromatic rings. The second-order valence-electron chi connectivity index (χ2n) is 5.54. The SMILES string of the molecule is COC(=O)c1cc(C#N)c(N2CCOC(c3nnn(C)n3)C2)nc1C. The topological polar surface area (TPSA) is 119 Å².